The summed E-state index contributed by atoms with van der Waals surface area (Å²) in [5.41, 5.74) is 0.871. The minimum atomic E-state index is -0.336. The van der Waals surface area contributed by atoms with Crippen molar-refractivity contribution < 1.29 is 9.53 Å². The van der Waals surface area contributed by atoms with Crippen LogP contribution in [0.25, 0.3) is 0 Å². The fourth-order valence-electron chi connectivity index (χ4n) is 1.82. The SMILES string of the molecule is COCCNC(=O)C(C)NC(C)c1cc(Cl)ccc1Cl. The number of carbonyl (C=O) groups excluding carboxylic acids is 1. The summed E-state index contributed by atoms with van der Waals surface area (Å²) < 4.78 is 4.88. The van der Waals surface area contributed by atoms with Gasteiger partial charge in [-0.05, 0) is 37.6 Å². The second-order valence-electron chi connectivity index (χ2n) is 4.56. The first-order valence-electron chi connectivity index (χ1n) is 6.43. The predicted octanol–water partition coefficient (Wildman–Crippen LogP) is 2.80. The molecule has 0 fully saturated rings. The Morgan fingerprint density at radius 3 is 2.70 bits per heavy atom. The van der Waals surface area contributed by atoms with Crippen LogP contribution in [0.1, 0.15) is 25.5 Å². The van der Waals surface area contributed by atoms with Crippen molar-refractivity contribution in [1.82, 2.24) is 10.6 Å². The van der Waals surface area contributed by atoms with Gasteiger partial charge in [0.25, 0.3) is 0 Å². The molecular weight excluding hydrogens is 299 g/mol. The van der Waals surface area contributed by atoms with Gasteiger partial charge in [-0.25, -0.2) is 0 Å². The van der Waals surface area contributed by atoms with Crippen LogP contribution >= 0.6 is 23.2 Å². The Bertz CT molecular complexity index is 455. The van der Waals surface area contributed by atoms with Crippen molar-refractivity contribution in [3.63, 3.8) is 0 Å². The molecule has 0 radical (unpaired) electrons. The number of halogens is 2. The molecule has 1 aromatic rings. The van der Waals surface area contributed by atoms with E-state index >= 15 is 0 Å². The highest BCUT2D eigenvalue weighted by molar-refractivity contribution is 6.33. The summed E-state index contributed by atoms with van der Waals surface area (Å²) in [7, 11) is 1.59. The van der Waals surface area contributed by atoms with Crippen molar-refractivity contribution in [2.75, 3.05) is 20.3 Å². The third kappa shape index (κ3) is 5.29. The maximum Gasteiger partial charge on any atom is 0.236 e. The molecule has 0 aliphatic carbocycles. The van der Waals surface area contributed by atoms with Crippen molar-refractivity contribution in [2.45, 2.75) is 25.9 Å². The molecule has 1 rings (SSSR count). The highest BCUT2D eigenvalue weighted by atomic mass is 35.5. The van der Waals surface area contributed by atoms with Crippen LogP contribution in [0, 0.1) is 0 Å². The molecule has 1 amide bonds. The zero-order chi connectivity index (χ0) is 15.1. The molecule has 4 nitrogen and oxygen atoms in total. The molecule has 2 atom stereocenters. The first kappa shape index (κ1) is 17.2. The van der Waals surface area contributed by atoms with E-state index in [9.17, 15) is 4.79 Å². The van der Waals surface area contributed by atoms with Crippen molar-refractivity contribution in [3.8, 4) is 0 Å². The normalized spacial score (nSPS) is 13.8. The van der Waals surface area contributed by atoms with Gasteiger partial charge in [0.15, 0.2) is 0 Å². The van der Waals surface area contributed by atoms with E-state index in [2.05, 4.69) is 10.6 Å². The van der Waals surface area contributed by atoms with Crippen LogP contribution in [0.3, 0.4) is 0 Å². The van der Waals surface area contributed by atoms with Gasteiger partial charge in [0.1, 0.15) is 0 Å². The van der Waals surface area contributed by atoms with Crippen LogP contribution in [0.5, 0.6) is 0 Å². The highest BCUT2D eigenvalue weighted by Crippen LogP contribution is 2.26. The number of ether oxygens (including phenoxy) is 1. The van der Waals surface area contributed by atoms with E-state index in [1.54, 1.807) is 32.2 Å². The molecule has 20 heavy (non-hydrogen) atoms. The van der Waals surface area contributed by atoms with E-state index in [4.69, 9.17) is 27.9 Å². The number of amides is 1. The van der Waals surface area contributed by atoms with Crippen molar-refractivity contribution in [2.24, 2.45) is 0 Å². The number of carbonyl (C=O) groups is 1. The van der Waals surface area contributed by atoms with Crippen molar-refractivity contribution >= 4 is 29.1 Å². The number of hydrogen-bond donors (Lipinski definition) is 2. The van der Waals surface area contributed by atoms with E-state index in [0.717, 1.165) is 5.56 Å². The molecule has 1 aromatic carbocycles. The van der Waals surface area contributed by atoms with Gasteiger partial charge in [0.2, 0.25) is 5.91 Å². The summed E-state index contributed by atoms with van der Waals surface area (Å²) >= 11 is 12.1. The molecule has 0 aliphatic heterocycles. The molecule has 0 saturated heterocycles. The largest absolute Gasteiger partial charge is 0.383 e. The van der Waals surface area contributed by atoms with Crippen molar-refractivity contribution in [1.29, 1.82) is 0 Å². The van der Waals surface area contributed by atoms with Crippen LogP contribution in [0.4, 0.5) is 0 Å². The topological polar surface area (TPSA) is 50.4 Å². The van der Waals surface area contributed by atoms with Crippen LogP contribution in [0.2, 0.25) is 10.0 Å². The number of methoxy groups -OCH3 is 1. The fourth-order valence-corrected chi connectivity index (χ4v) is 2.28. The molecule has 0 saturated carbocycles. The van der Waals surface area contributed by atoms with E-state index in [-0.39, 0.29) is 18.0 Å². The van der Waals surface area contributed by atoms with E-state index in [1.165, 1.54) is 0 Å². The number of nitrogens with one attached hydrogen (secondary N) is 2. The molecule has 0 bridgehead atoms. The Morgan fingerprint density at radius 1 is 1.35 bits per heavy atom. The third-order valence-corrected chi connectivity index (χ3v) is 3.50. The predicted molar refractivity (Wildman–Crippen MR) is 82.4 cm³/mol. The summed E-state index contributed by atoms with van der Waals surface area (Å²) in [4.78, 5) is 11.8. The molecule has 0 aliphatic rings. The number of hydrogen-bond acceptors (Lipinski definition) is 3. The zero-order valence-electron chi connectivity index (χ0n) is 11.9. The smallest absolute Gasteiger partial charge is 0.236 e. The summed E-state index contributed by atoms with van der Waals surface area (Å²) in [5, 5.41) is 7.22. The Hall–Kier alpha value is -0.810. The van der Waals surface area contributed by atoms with Gasteiger partial charge in [-0.1, -0.05) is 23.2 Å². The maximum absolute atomic E-state index is 11.8. The fraction of sp³-hybridized carbons (Fsp3) is 0.500. The second-order valence-corrected chi connectivity index (χ2v) is 5.40. The Morgan fingerprint density at radius 2 is 2.05 bits per heavy atom. The lowest BCUT2D eigenvalue weighted by Gasteiger charge is -2.21. The Kier molecular flexibility index (Phi) is 7.30. The number of benzene rings is 1. The van der Waals surface area contributed by atoms with Gasteiger partial charge in [0, 0.05) is 29.7 Å². The second kappa shape index (κ2) is 8.47. The highest BCUT2D eigenvalue weighted by Gasteiger charge is 2.17. The van der Waals surface area contributed by atoms with Gasteiger partial charge >= 0.3 is 0 Å². The lowest BCUT2D eigenvalue weighted by molar-refractivity contribution is -0.123. The number of rotatable bonds is 7. The molecule has 112 valence electrons. The molecular formula is C14H20Cl2N2O2. The average Bonchev–Trinajstić information content (AvgIpc) is 2.41. The van der Waals surface area contributed by atoms with Gasteiger partial charge in [-0.2, -0.15) is 0 Å². The Labute approximate surface area is 129 Å². The Balaban J connectivity index is 2.58. The summed E-state index contributed by atoms with van der Waals surface area (Å²) in [6, 6.07) is 4.88. The minimum absolute atomic E-state index is 0.0768. The van der Waals surface area contributed by atoms with Gasteiger partial charge in [-0.3, -0.25) is 10.1 Å². The summed E-state index contributed by atoms with van der Waals surface area (Å²) in [6.07, 6.45) is 0. The monoisotopic (exact) mass is 318 g/mol. The molecule has 2 unspecified atom stereocenters. The first-order chi connectivity index (χ1) is 9.45. The quantitative estimate of drug-likeness (QED) is 0.760. The zero-order valence-corrected chi connectivity index (χ0v) is 13.4. The lowest BCUT2D eigenvalue weighted by atomic mass is 10.1. The van der Waals surface area contributed by atoms with E-state index < -0.39 is 0 Å². The standard InChI is InChI=1S/C14H20Cl2N2O2/c1-9(12-8-11(15)4-5-13(12)16)18-10(2)14(19)17-6-7-20-3/h4-5,8-10,18H,6-7H2,1-3H3,(H,17,19). The minimum Gasteiger partial charge on any atom is -0.383 e. The summed E-state index contributed by atoms with van der Waals surface area (Å²) in [6.45, 7) is 4.73. The van der Waals surface area contributed by atoms with Crippen LogP contribution in [-0.2, 0) is 9.53 Å². The molecule has 6 heteroatoms. The first-order valence-corrected chi connectivity index (χ1v) is 7.19. The third-order valence-electron chi connectivity index (χ3n) is 2.92. The summed E-state index contributed by atoms with van der Waals surface area (Å²) in [5.74, 6) is -0.0768. The maximum atomic E-state index is 11.8. The lowest BCUT2D eigenvalue weighted by Crippen LogP contribution is -2.44. The van der Waals surface area contributed by atoms with Gasteiger partial charge in [-0.15, -0.1) is 0 Å². The van der Waals surface area contributed by atoms with Gasteiger partial charge < -0.3 is 10.1 Å². The molecule has 0 spiro atoms. The van der Waals surface area contributed by atoms with Crippen molar-refractivity contribution in [3.05, 3.63) is 33.8 Å². The van der Waals surface area contributed by atoms with Crippen LogP contribution in [-0.4, -0.2) is 32.2 Å². The van der Waals surface area contributed by atoms with Crippen LogP contribution < -0.4 is 10.6 Å². The van der Waals surface area contributed by atoms with E-state index in [0.29, 0.717) is 23.2 Å². The molecule has 2 N–H and O–H groups in total. The molecule has 0 aromatic heterocycles. The van der Waals surface area contributed by atoms with Gasteiger partial charge in [0.05, 0.1) is 12.6 Å². The van der Waals surface area contributed by atoms with Crippen LogP contribution in [0.15, 0.2) is 18.2 Å². The van der Waals surface area contributed by atoms with E-state index in [1.807, 2.05) is 6.92 Å². The average molecular weight is 319 g/mol. The molecule has 0 heterocycles.